The van der Waals surface area contributed by atoms with Crippen molar-refractivity contribution in [2.45, 2.75) is 13.8 Å². The minimum absolute atomic E-state index is 0.663. The third-order valence-electron chi connectivity index (χ3n) is 3.85. The van der Waals surface area contributed by atoms with Crippen LogP contribution in [0.5, 0.6) is 5.75 Å². The number of hydrogen-bond donors (Lipinski definition) is 1. The predicted molar refractivity (Wildman–Crippen MR) is 96.1 cm³/mol. The molecule has 4 aromatic rings. The predicted octanol–water partition coefficient (Wildman–Crippen LogP) is 4.33. The van der Waals surface area contributed by atoms with E-state index in [0.29, 0.717) is 6.61 Å². The maximum absolute atomic E-state index is 5.49. The lowest BCUT2D eigenvalue weighted by Gasteiger charge is -2.11. The topological polar surface area (TPSA) is 51.5 Å². The summed E-state index contributed by atoms with van der Waals surface area (Å²) in [6.45, 7) is 4.62. The monoisotopic (exact) mass is 318 g/mol. The molecule has 0 atom stereocenters. The van der Waals surface area contributed by atoms with Crippen LogP contribution in [0.3, 0.4) is 0 Å². The number of fused-ring (bicyclic) bond motifs is 3. The Morgan fingerprint density at radius 3 is 2.67 bits per heavy atom. The molecule has 2 aromatic heterocycles. The van der Waals surface area contributed by atoms with Gasteiger partial charge in [0, 0.05) is 17.1 Å². The van der Waals surface area contributed by atoms with E-state index >= 15 is 0 Å². The van der Waals surface area contributed by atoms with Crippen LogP contribution in [0.2, 0.25) is 0 Å². The van der Waals surface area contributed by atoms with E-state index in [1.807, 2.05) is 60.8 Å². The van der Waals surface area contributed by atoms with E-state index in [4.69, 9.17) is 9.72 Å². The summed E-state index contributed by atoms with van der Waals surface area (Å²) in [6, 6.07) is 18.0. The van der Waals surface area contributed by atoms with E-state index in [-0.39, 0.29) is 0 Å². The molecule has 4 rings (SSSR count). The standard InChI is InChI=1S/C19H18N4O/c1-3-24-15-10-8-14(9-11-15)20-19-16-6-4-5-7-17(16)23-18(21-19)12-13(2)22-23/h4-12H,3H2,1-2H3,(H,20,21). The van der Waals surface area contributed by atoms with E-state index in [9.17, 15) is 0 Å². The molecule has 5 nitrogen and oxygen atoms in total. The van der Waals surface area contributed by atoms with Gasteiger partial charge in [-0.3, -0.25) is 0 Å². The van der Waals surface area contributed by atoms with Crippen molar-refractivity contribution in [2.75, 3.05) is 11.9 Å². The second-order valence-electron chi connectivity index (χ2n) is 5.62. The fourth-order valence-electron chi connectivity index (χ4n) is 2.81. The molecule has 120 valence electrons. The van der Waals surface area contributed by atoms with Gasteiger partial charge in [0.05, 0.1) is 17.8 Å². The molecule has 24 heavy (non-hydrogen) atoms. The SMILES string of the molecule is CCOc1ccc(Nc2nc3cc(C)nn3c3ccccc23)cc1. The second kappa shape index (κ2) is 5.85. The number of nitrogens with zero attached hydrogens (tertiary/aromatic N) is 3. The first-order valence-corrected chi connectivity index (χ1v) is 7.99. The van der Waals surface area contributed by atoms with Gasteiger partial charge in [-0.25, -0.2) is 9.50 Å². The van der Waals surface area contributed by atoms with E-state index in [0.717, 1.165) is 39.5 Å². The summed E-state index contributed by atoms with van der Waals surface area (Å²) in [4.78, 5) is 4.74. The lowest BCUT2D eigenvalue weighted by molar-refractivity contribution is 0.340. The minimum atomic E-state index is 0.663. The molecule has 2 aromatic carbocycles. The van der Waals surface area contributed by atoms with Crippen LogP contribution in [-0.2, 0) is 0 Å². The van der Waals surface area contributed by atoms with Crippen molar-refractivity contribution in [2.24, 2.45) is 0 Å². The molecule has 0 saturated carbocycles. The van der Waals surface area contributed by atoms with Crippen molar-refractivity contribution in [3.05, 3.63) is 60.3 Å². The number of aryl methyl sites for hydroxylation is 1. The fraction of sp³-hybridized carbons (Fsp3) is 0.158. The lowest BCUT2D eigenvalue weighted by atomic mass is 10.2. The van der Waals surface area contributed by atoms with Crippen LogP contribution in [0.25, 0.3) is 16.6 Å². The minimum Gasteiger partial charge on any atom is -0.494 e. The zero-order valence-electron chi connectivity index (χ0n) is 13.7. The highest BCUT2D eigenvalue weighted by Crippen LogP contribution is 2.27. The Bertz CT molecular complexity index is 1010. The first-order chi connectivity index (χ1) is 11.7. The van der Waals surface area contributed by atoms with Gasteiger partial charge in [0.1, 0.15) is 11.6 Å². The molecular formula is C19H18N4O. The van der Waals surface area contributed by atoms with Crippen LogP contribution < -0.4 is 10.1 Å². The molecular weight excluding hydrogens is 300 g/mol. The molecule has 0 amide bonds. The van der Waals surface area contributed by atoms with Crippen molar-refractivity contribution in [3.8, 4) is 5.75 Å². The highest BCUT2D eigenvalue weighted by molar-refractivity contribution is 5.92. The smallest absolute Gasteiger partial charge is 0.158 e. The molecule has 0 fully saturated rings. The van der Waals surface area contributed by atoms with E-state index < -0.39 is 0 Å². The van der Waals surface area contributed by atoms with E-state index in [2.05, 4.69) is 22.5 Å². The highest BCUT2D eigenvalue weighted by Gasteiger charge is 2.10. The molecule has 0 aliphatic carbocycles. The molecule has 0 unspecified atom stereocenters. The van der Waals surface area contributed by atoms with Crippen molar-refractivity contribution in [1.82, 2.24) is 14.6 Å². The fourth-order valence-corrected chi connectivity index (χ4v) is 2.81. The van der Waals surface area contributed by atoms with Gasteiger partial charge in [-0.05, 0) is 50.2 Å². The number of aromatic nitrogens is 3. The van der Waals surface area contributed by atoms with Crippen LogP contribution in [0.15, 0.2) is 54.6 Å². The highest BCUT2D eigenvalue weighted by atomic mass is 16.5. The molecule has 0 spiro atoms. The molecule has 2 heterocycles. The van der Waals surface area contributed by atoms with Crippen LogP contribution >= 0.6 is 0 Å². The third kappa shape index (κ3) is 2.54. The van der Waals surface area contributed by atoms with Crippen molar-refractivity contribution in [1.29, 1.82) is 0 Å². The summed E-state index contributed by atoms with van der Waals surface area (Å²) >= 11 is 0. The Kier molecular flexibility index (Phi) is 3.54. The van der Waals surface area contributed by atoms with Gasteiger partial charge < -0.3 is 10.1 Å². The van der Waals surface area contributed by atoms with Gasteiger partial charge in [0.15, 0.2) is 5.65 Å². The van der Waals surface area contributed by atoms with Crippen LogP contribution in [0.4, 0.5) is 11.5 Å². The maximum atomic E-state index is 5.49. The van der Waals surface area contributed by atoms with Gasteiger partial charge in [-0.2, -0.15) is 5.10 Å². The average molecular weight is 318 g/mol. The average Bonchev–Trinajstić information content (AvgIpc) is 2.97. The molecule has 5 heteroatoms. The molecule has 1 N–H and O–H groups in total. The number of ether oxygens (including phenoxy) is 1. The third-order valence-corrected chi connectivity index (χ3v) is 3.85. The first-order valence-electron chi connectivity index (χ1n) is 7.99. The summed E-state index contributed by atoms with van der Waals surface area (Å²) in [5.74, 6) is 1.69. The molecule has 0 radical (unpaired) electrons. The van der Waals surface area contributed by atoms with Crippen molar-refractivity contribution in [3.63, 3.8) is 0 Å². The van der Waals surface area contributed by atoms with Gasteiger partial charge >= 0.3 is 0 Å². The molecule has 0 saturated heterocycles. The van der Waals surface area contributed by atoms with E-state index in [1.165, 1.54) is 0 Å². The molecule has 0 bridgehead atoms. The van der Waals surface area contributed by atoms with Crippen LogP contribution in [0.1, 0.15) is 12.6 Å². The molecule has 0 aliphatic rings. The maximum Gasteiger partial charge on any atom is 0.158 e. The van der Waals surface area contributed by atoms with E-state index in [1.54, 1.807) is 0 Å². The Morgan fingerprint density at radius 1 is 1.08 bits per heavy atom. The Morgan fingerprint density at radius 2 is 1.88 bits per heavy atom. The lowest BCUT2D eigenvalue weighted by Crippen LogP contribution is -2.00. The zero-order chi connectivity index (χ0) is 16.5. The van der Waals surface area contributed by atoms with Crippen LogP contribution in [-0.4, -0.2) is 21.2 Å². The first kappa shape index (κ1) is 14.5. The number of anilines is 2. The summed E-state index contributed by atoms with van der Waals surface area (Å²) in [7, 11) is 0. The normalized spacial score (nSPS) is 11.1. The van der Waals surface area contributed by atoms with Crippen LogP contribution in [0, 0.1) is 6.92 Å². The summed E-state index contributed by atoms with van der Waals surface area (Å²) < 4.78 is 7.37. The van der Waals surface area contributed by atoms with Gasteiger partial charge in [0.25, 0.3) is 0 Å². The number of para-hydroxylation sites is 1. The summed E-state index contributed by atoms with van der Waals surface area (Å²) in [5, 5.41) is 8.97. The summed E-state index contributed by atoms with van der Waals surface area (Å²) in [6.07, 6.45) is 0. The van der Waals surface area contributed by atoms with Crippen molar-refractivity contribution >= 4 is 28.1 Å². The number of rotatable bonds is 4. The Balaban J connectivity index is 1.79. The van der Waals surface area contributed by atoms with Gasteiger partial charge in [0.2, 0.25) is 0 Å². The zero-order valence-corrected chi connectivity index (χ0v) is 13.7. The molecule has 0 aliphatic heterocycles. The number of benzene rings is 2. The summed E-state index contributed by atoms with van der Waals surface area (Å²) in [5.41, 5.74) is 3.78. The van der Waals surface area contributed by atoms with Crippen molar-refractivity contribution < 1.29 is 4.74 Å². The largest absolute Gasteiger partial charge is 0.494 e. The number of nitrogens with one attached hydrogen (secondary N) is 1. The van der Waals surface area contributed by atoms with Gasteiger partial charge in [-0.1, -0.05) is 12.1 Å². The Labute approximate surface area is 139 Å². The number of hydrogen-bond acceptors (Lipinski definition) is 4. The van der Waals surface area contributed by atoms with Gasteiger partial charge in [-0.15, -0.1) is 0 Å². The quantitative estimate of drug-likeness (QED) is 0.608. The Hall–Kier alpha value is -3.08. The second-order valence-corrected chi connectivity index (χ2v) is 5.62.